The number of carbonyl (C=O) groups is 2. The van der Waals surface area contributed by atoms with Crippen LogP contribution < -0.4 is 5.32 Å². The molecule has 2 atom stereocenters. The first-order chi connectivity index (χ1) is 16.1. The van der Waals surface area contributed by atoms with Crippen molar-refractivity contribution in [3.63, 3.8) is 0 Å². The highest BCUT2D eigenvalue weighted by Crippen LogP contribution is 2.23. The summed E-state index contributed by atoms with van der Waals surface area (Å²) in [4.78, 5) is 30.6. The largest absolute Gasteiger partial charge is 0.465 e. The number of carbonyl (C=O) groups excluding carboxylic acids is 1. The average molecular weight is 446 g/mol. The van der Waals surface area contributed by atoms with Gasteiger partial charge in [-0.25, -0.2) is 9.59 Å². The molecule has 0 spiro atoms. The minimum Gasteiger partial charge on any atom is -0.465 e. The van der Waals surface area contributed by atoms with Crippen molar-refractivity contribution in [2.75, 3.05) is 6.54 Å². The molecule has 3 aromatic rings. The van der Waals surface area contributed by atoms with E-state index >= 15 is 0 Å². The van der Waals surface area contributed by atoms with Gasteiger partial charge in [-0.1, -0.05) is 66.7 Å². The van der Waals surface area contributed by atoms with Crippen LogP contribution in [0.15, 0.2) is 78.9 Å². The number of alkyl carbamates (subject to hydrolysis) is 1. The summed E-state index contributed by atoms with van der Waals surface area (Å²) in [7, 11) is 0. The Morgan fingerprint density at radius 1 is 1.00 bits per heavy atom. The van der Waals surface area contributed by atoms with Crippen molar-refractivity contribution in [1.29, 1.82) is 0 Å². The van der Waals surface area contributed by atoms with E-state index in [0.29, 0.717) is 25.8 Å². The molecule has 0 unspecified atom stereocenters. The molecule has 2 amide bonds. The zero-order valence-electron chi connectivity index (χ0n) is 18.3. The highest BCUT2D eigenvalue weighted by Gasteiger charge is 2.36. The smallest absolute Gasteiger partial charge is 0.407 e. The number of piperidine rings is 1. The van der Waals surface area contributed by atoms with E-state index in [1.807, 2.05) is 78.9 Å². The maximum Gasteiger partial charge on any atom is 0.407 e. The standard InChI is InChI=1S/C26H27N3O4/c30-25(33-18-19-9-3-1-4-10-19)28-23-15-8-16-29(26(31)32)24(23)17-21-13-7-14-22(27-21)20-11-5-2-6-12-20/h1-7,9-14,23-24H,8,15-18H2,(H,28,30)(H,31,32)/t23-,24-/m0/s1. The Hall–Kier alpha value is -3.87. The van der Waals surface area contributed by atoms with Gasteiger partial charge in [-0.3, -0.25) is 4.98 Å². The number of benzene rings is 2. The van der Waals surface area contributed by atoms with E-state index in [2.05, 4.69) is 5.32 Å². The maximum atomic E-state index is 12.5. The van der Waals surface area contributed by atoms with Gasteiger partial charge in [0.15, 0.2) is 0 Å². The maximum absolute atomic E-state index is 12.5. The number of rotatable bonds is 6. The number of amides is 2. The van der Waals surface area contributed by atoms with Gasteiger partial charge in [0.1, 0.15) is 6.61 Å². The minimum absolute atomic E-state index is 0.160. The second-order valence-corrected chi connectivity index (χ2v) is 8.08. The van der Waals surface area contributed by atoms with Gasteiger partial charge in [-0.2, -0.15) is 0 Å². The predicted molar refractivity (Wildman–Crippen MR) is 125 cm³/mol. The molecule has 1 aromatic heterocycles. The Morgan fingerprint density at radius 2 is 1.73 bits per heavy atom. The van der Waals surface area contributed by atoms with Gasteiger partial charge in [0.05, 0.1) is 17.8 Å². The Bertz CT molecular complexity index is 1080. The number of pyridine rings is 1. The van der Waals surface area contributed by atoms with Crippen molar-refractivity contribution in [3.05, 3.63) is 90.1 Å². The first-order valence-electron chi connectivity index (χ1n) is 11.1. The fraction of sp³-hybridized carbons (Fsp3) is 0.269. The number of ether oxygens (including phenoxy) is 1. The number of hydrogen-bond donors (Lipinski definition) is 2. The number of hydrogen-bond acceptors (Lipinski definition) is 4. The molecule has 2 heterocycles. The summed E-state index contributed by atoms with van der Waals surface area (Å²) in [6.07, 6.45) is 0.198. The van der Waals surface area contributed by atoms with Crippen molar-refractivity contribution in [3.8, 4) is 11.3 Å². The molecular weight excluding hydrogens is 418 g/mol. The zero-order valence-corrected chi connectivity index (χ0v) is 18.3. The Morgan fingerprint density at radius 3 is 2.45 bits per heavy atom. The van der Waals surface area contributed by atoms with E-state index in [1.165, 1.54) is 4.90 Å². The molecule has 1 fully saturated rings. The van der Waals surface area contributed by atoms with Crippen LogP contribution in [0.25, 0.3) is 11.3 Å². The highest BCUT2D eigenvalue weighted by atomic mass is 16.5. The summed E-state index contributed by atoms with van der Waals surface area (Å²) in [6.45, 7) is 0.586. The summed E-state index contributed by atoms with van der Waals surface area (Å²) in [5.74, 6) is 0. The number of nitrogens with zero attached hydrogens (tertiary/aromatic N) is 2. The molecule has 1 aliphatic heterocycles. The van der Waals surface area contributed by atoms with E-state index in [1.54, 1.807) is 0 Å². The third-order valence-electron chi connectivity index (χ3n) is 5.84. The Balaban J connectivity index is 1.47. The zero-order chi connectivity index (χ0) is 23.0. The van der Waals surface area contributed by atoms with Crippen LogP contribution in [-0.2, 0) is 17.8 Å². The van der Waals surface area contributed by atoms with Crippen LogP contribution in [0.1, 0.15) is 24.1 Å². The quantitative estimate of drug-likeness (QED) is 0.572. The topological polar surface area (TPSA) is 91.8 Å². The van der Waals surface area contributed by atoms with Crippen LogP contribution in [0.3, 0.4) is 0 Å². The van der Waals surface area contributed by atoms with Gasteiger partial charge in [-0.05, 0) is 30.5 Å². The SMILES string of the molecule is O=C(N[C@H]1CCCN(C(=O)O)[C@H]1Cc1cccc(-c2ccccc2)n1)OCc1ccccc1. The molecule has 2 aromatic carbocycles. The number of aromatic nitrogens is 1. The summed E-state index contributed by atoms with van der Waals surface area (Å²) >= 11 is 0. The van der Waals surface area contributed by atoms with Crippen molar-refractivity contribution in [2.24, 2.45) is 0 Å². The van der Waals surface area contributed by atoms with Crippen LogP contribution in [0.2, 0.25) is 0 Å². The normalized spacial score (nSPS) is 17.9. The molecule has 170 valence electrons. The minimum atomic E-state index is -0.997. The lowest BCUT2D eigenvalue weighted by Gasteiger charge is -2.39. The fourth-order valence-electron chi connectivity index (χ4n) is 4.21. The number of carboxylic acid groups (broad SMARTS) is 1. The Labute approximate surface area is 193 Å². The predicted octanol–water partition coefficient (Wildman–Crippen LogP) is 4.73. The molecule has 4 rings (SSSR count). The molecule has 2 N–H and O–H groups in total. The van der Waals surface area contributed by atoms with Crippen molar-refractivity contribution in [1.82, 2.24) is 15.2 Å². The lowest BCUT2D eigenvalue weighted by Crippen LogP contribution is -2.57. The third-order valence-corrected chi connectivity index (χ3v) is 5.84. The number of likely N-dealkylation sites (tertiary alicyclic amines) is 1. The molecule has 0 radical (unpaired) electrons. The van der Waals surface area contributed by atoms with Gasteiger partial charge in [-0.15, -0.1) is 0 Å². The second-order valence-electron chi connectivity index (χ2n) is 8.08. The molecule has 33 heavy (non-hydrogen) atoms. The fourth-order valence-corrected chi connectivity index (χ4v) is 4.21. The average Bonchev–Trinajstić information content (AvgIpc) is 2.85. The summed E-state index contributed by atoms with van der Waals surface area (Å²) < 4.78 is 5.37. The lowest BCUT2D eigenvalue weighted by molar-refractivity contribution is 0.0810. The van der Waals surface area contributed by atoms with E-state index in [0.717, 1.165) is 22.5 Å². The first-order valence-corrected chi connectivity index (χ1v) is 11.1. The van der Waals surface area contributed by atoms with E-state index in [9.17, 15) is 14.7 Å². The van der Waals surface area contributed by atoms with E-state index in [-0.39, 0.29) is 12.6 Å². The van der Waals surface area contributed by atoms with Crippen molar-refractivity contribution < 1.29 is 19.4 Å². The van der Waals surface area contributed by atoms with Crippen LogP contribution in [0, 0.1) is 0 Å². The van der Waals surface area contributed by atoms with Gasteiger partial charge in [0, 0.05) is 24.2 Å². The number of nitrogens with one attached hydrogen (secondary N) is 1. The van der Waals surface area contributed by atoms with Gasteiger partial charge in [0.2, 0.25) is 0 Å². The summed E-state index contributed by atoms with van der Waals surface area (Å²) in [5.41, 5.74) is 3.50. The van der Waals surface area contributed by atoms with Crippen molar-refractivity contribution >= 4 is 12.2 Å². The lowest BCUT2D eigenvalue weighted by atomic mass is 9.92. The summed E-state index contributed by atoms with van der Waals surface area (Å²) in [6, 6.07) is 24.2. The van der Waals surface area contributed by atoms with Crippen molar-refractivity contribution in [2.45, 2.75) is 38.0 Å². The molecular formula is C26H27N3O4. The van der Waals surface area contributed by atoms with Gasteiger partial charge >= 0.3 is 12.2 Å². The molecule has 1 aliphatic rings. The third kappa shape index (κ3) is 5.88. The molecule has 0 aliphatic carbocycles. The van der Waals surface area contributed by atoms with Crippen LogP contribution >= 0.6 is 0 Å². The Kier molecular flexibility index (Phi) is 7.19. The molecule has 7 heteroatoms. The van der Waals surface area contributed by atoms with Gasteiger partial charge < -0.3 is 20.1 Å². The van der Waals surface area contributed by atoms with Gasteiger partial charge in [0.25, 0.3) is 0 Å². The molecule has 1 saturated heterocycles. The first kappa shape index (κ1) is 22.3. The van der Waals surface area contributed by atoms with E-state index in [4.69, 9.17) is 9.72 Å². The molecule has 0 bridgehead atoms. The molecule has 0 saturated carbocycles. The monoisotopic (exact) mass is 445 g/mol. The highest BCUT2D eigenvalue weighted by molar-refractivity contribution is 5.69. The second kappa shape index (κ2) is 10.6. The van der Waals surface area contributed by atoms with Crippen LogP contribution in [-0.4, -0.2) is 45.8 Å². The van der Waals surface area contributed by atoms with Crippen LogP contribution in [0.4, 0.5) is 9.59 Å². The van der Waals surface area contributed by atoms with Crippen LogP contribution in [0.5, 0.6) is 0 Å². The summed E-state index contributed by atoms with van der Waals surface area (Å²) in [5, 5.41) is 12.7. The molecule has 7 nitrogen and oxygen atoms in total. The van der Waals surface area contributed by atoms with E-state index < -0.39 is 18.2 Å².